The maximum atomic E-state index is 6.13. The second-order valence-corrected chi connectivity index (χ2v) is 6.13. The Hall–Kier alpha value is -0.490. The van der Waals surface area contributed by atoms with Gasteiger partial charge in [-0.2, -0.15) is 0 Å². The molecule has 1 aromatic rings. The van der Waals surface area contributed by atoms with Gasteiger partial charge in [0.15, 0.2) is 0 Å². The Morgan fingerprint density at radius 2 is 1.40 bits per heavy atom. The van der Waals surface area contributed by atoms with Gasteiger partial charge in [-0.1, -0.05) is 70.6 Å². The fourth-order valence-electron chi connectivity index (χ4n) is 2.70. The van der Waals surface area contributed by atoms with Crippen LogP contribution in [0, 0.1) is 0 Å². The van der Waals surface area contributed by atoms with Crippen LogP contribution < -0.4 is 0 Å². The van der Waals surface area contributed by atoms with Crippen molar-refractivity contribution in [1.29, 1.82) is 0 Å². The van der Waals surface area contributed by atoms with Crippen molar-refractivity contribution in [2.45, 2.75) is 83.9 Å². The third-order valence-electron chi connectivity index (χ3n) is 4.03. The normalized spacial score (nSPS) is 10.9. The average molecular weight is 295 g/mol. The molecule has 0 heterocycles. The van der Waals surface area contributed by atoms with E-state index in [1.54, 1.807) is 0 Å². The maximum absolute atomic E-state index is 6.13. The van der Waals surface area contributed by atoms with Crippen molar-refractivity contribution in [3.05, 3.63) is 34.9 Å². The van der Waals surface area contributed by atoms with E-state index in [0.29, 0.717) is 5.88 Å². The summed E-state index contributed by atoms with van der Waals surface area (Å²) in [4.78, 5) is 0. The van der Waals surface area contributed by atoms with Crippen LogP contribution in [0.5, 0.6) is 0 Å². The Morgan fingerprint density at radius 1 is 0.750 bits per heavy atom. The molecule has 20 heavy (non-hydrogen) atoms. The van der Waals surface area contributed by atoms with Crippen LogP contribution in [-0.2, 0) is 18.7 Å². The molecule has 0 nitrogen and oxygen atoms in total. The van der Waals surface area contributed by atoms with Gasteiger partial charge in [0.2, 0.25) is 0 Å². The van der Waals surface area contributed by atoms with E-state index >= 15 is 0 Å². The van der Waals surface area contributed by atoms with Gasteiger partial charge in [-0.25, -0.2) is 0 Å². The van der Waals surface area contributed by atoms with Gasteiger partial charge in [0.25, 0.3) is 0 Å². The molecule has 0 spiro atoms. The maximum Gasteiger partial charge on any atom is 0.0476 e. The van der Waals surface area contributed by atoms with Crippen molar-refractivity contribution in [3.63, 3.8) is 0 Å². The fraction of sp³-hybridized carbons (Fsp3) is 0.684. The van der Waals surface area contributed by atoms with Gasteiger partial charge in [-0.05, 0) is 42.4 Å². The van der Waals surface area contributed by atoms with Crippen molar-refractivity contribution in [3.8, 4) is 0 Å². The zero-order valence-electron chi connectivity index (χ0n) is 13.4. The van der Waals surface area contributed by atoms with Gasteiger partial charge >= 0.3 is 0 Å². The molecular weight excluding hydrogens is 264 g/mol. The summed E-state index contributed by atoms with van der Waals surface area (Å²) in [5.74, 6) is 0.659. The summed E-state index contributed by atoms with van der Waals surface area (Å²) >= 11 is 6.13. The Balaban J connectivity index is 2.47. The Bertz CT molecular complexity index is 357. The first kappa shape index (κ1) is 17.6. The molecular formula is C19H31Cl. The lowest BCUT2D eigenvalue weighted by Gasteiger charge is -2.10. The van der Waals surface area contributed by atoms with Crippen LogP contribution >= 0.6 is 11.6 Å². The lowest BCUT2D eigenvalue weighted by molar-refractivity contribution is 0.662. The molecule has 0 N–H and O–H groups in total. The number of benzene rings is 1. The summed E-state index contributed by atoms with van der Waals surface area (Å²) in [6, 6.07) is 6.98. The van der Waals surface area contributed by atoms with Crippen LogP contribution in [0.3, 0.4) is 0 Å². The first-order valence-corrected chi connectivity index (χ1v) is 9.01. The number of alkyl halides is 1. The van der Waals surface area contributed by atoms with E-state index in [4.69, 9.17) is 11.6 Å². The van der Waals surface area contributed by atoms with Crippen molar-refractivity contribution in [2.24, 2.45) is 0 Å². The van der Waals surface area contributed by atoms with Gasteiger partial charge in [0, 0.05) is 5.88 Å². The fourth-order valence-corrected chi connectivity index (χ4v) is 2.95. The van der Waals surface area contributed by atoms with Crippen LogP contribution in [0.1, 0.15) is 81.9 Å². The largest absolute Gasteiger partial charge is 0.122 e. The van der Waals surface area contributed by atoms with E-state index in [2.05, 4.69) is 32.0 Å². The molecule has 0 aliphatic rings. The molecule has 0 aliphatic heterocycles. The molecule has 0 bridgehead atoms. The second kappa shape index (κ2) is 11.2. The minimum atomic E-state index is 0.659. The summed E-state index contributed by atoms with van der Waals surface area (Å²) < 4.78 is 0. The zero-order valence-corrected chi connectivity index (χ0v) is 14.1. The van der Waals surface area contributed by atoms with Gasteiger partial charge < -0.3 is 0 Å². The molecule has 1 aromatic carbocycles. The quantitative estimate of drug-likeness (QED) is 0.316. The molecule has 0 amide bonds. The van der Waals surface area contributed by atoms with Crippen molar-refractivity contribution >= 4 is 11.6 Å². The summed E-state index contributed by atoms with van der Waals surface area (Å²) in [6.45, 7) is 4.52. The SMILES string of the molecule is CCCCCCc1ccc(CCCCCC)c(CCl)c1. The summed E-state index contributed by atoms with van der Waals surface area (Å²) in [5, 5.41) is 0. The van der Waals surface area contributed by atoms with E-state index in [-0.39, 0.29) is 0 Å². The van der Waals surface area contributed by atoms with Crippen LogP contribution in [0.2, 0.25) is 0 Å². The highest BCUT2D eigenvalue weighted by atomic mass is 35.5. The molecule has 0 atom stereocenters. The predicted molar refractivity (Wildman–Crippen MR) is 91.7 cm³/mol. The summed E-state index contributed by atoms with van der Waals surface area (Å²) in [7, 11) is 0. The highest BCUT2D eigenvalue weighted by molar-refractivity contribution is 6.17. The molecule has 0 aromatic heterocycles. The third-order valence-corrected chi connectivity index (χ3v) is 4.32. The van der Waals surface area contributed by atoms with Gasteiger partial charge in [0.1, 0.15) is 0 Å². The topological polar surface area (TPSA) is 0 Å². The van der Waals surface area contributed by atoms with E-state index in [1.165, 1.54) is 80.9 Å². The summed E-state index contributed by atoms with van der Waals surface area (Å²) in [5.41, 5.74) is 4.29. The number of aryl methyl sites for hydroxylation is 2. The lowest BCUT2D eigenvalue weighted by atomic mass is 9.97. The van der Waals surface area contributed by atoms with E-state index in [9.17, 15) is 0 Å². The highest BCUT2D eigenvalue weighted by Gasteiger charge is 2.04. The monoisotopic (exact) mass is 294 g/mol. The number of unbranched alkanes of at least 4 members (excludes halogenated alkanes) is 6. The van der Waals surface area contributed by atoms with E-state index < -0.39 is 0 Å². The molecule has 0 saturated heterocycles. The molecule has 0 aliphatic carbocycles. The minimum absolute atomic E-state index is 0.659. The smallest absolute Gasteiger partial charge is 0.0476 e. The van der Waals surface area contributed by atoms with Crippen LogP contribution in [-0.4, -0.2) is 0 Å². The Kier molecular flexibility index (Phi) is 9.83. The van der Waals surface area contributed by atoms with Gasteiger partial charge in [-0.15, -0.1) is 11.6 Å². The highest BCUT2D eigenvalue weighted by Crippen LogP contribution is 2.19. The van der Waals surface area contributed by atoms with Crippen molar-refractivity contribution in [1.82, 2.24) is 0 Å². The Labute approximate surface area is 130 Å². The molecule has 1 rings (SSSR count). The second-order valence-electron chi connectivity index (χ2n) is 5.86. The predicted octanol–water partition coefficient (Wildman–Crippen LogP) is 6.67. The van der Waals surface area contributed by atoms with E-state index in [1.807, 2.05) is 0 Å². The van der Waals surface area contributed by atoms with E-state index in [0.717, 1.165) is 0 Å². The number of hydrogen-bond acceptors (Lipinski definition) is 0. The molecule has 0 radical (unpaired) electrons. The number of hydrogen-bond donors (Lipinski definition) is 0. The minimum Gasteiger partial charge on any atom is -0.122 e. The van der Waals surface area contributed by atoms with Crippen LogP contribution in [0.15, 0.2) is 18.2 Å². The van der Waals surface area contributed by atoms with Crippen LogP contribution in [0.4, 0.5) is 0 Å². The molecule has 1 heteroatoms. The molecule has 0 unspecified atom stereocenters. The first-order chi connectivity index (χ1) is 9.81. The van der Waals surface area contributed by atoms with Crippen molar-refractivity contribution in [2.75, 3.05) is 0 Å². The lowest BCUT2D eigenvalue weighted by Crippen LogP contribution is -1.96. The zero-order chi connectivity index (χ0) is 14.6. The molecule has 114 valence electrons. The van der Waals surface area contributed by atoms with Crippen LogP contribution in [0.25, 0.3) is 0 Å². The van der Waals surface area contributed by atoms with Gasteiger partial charge in [-0.3, -0.25) is 0 Å². The molecule has 0 fully saturated rings. The summed E-state index contributed by atoms with van der Waals surface area (Å²) in [6.07, 6.45) is 13.0. The molecule has 0 saturated carbocycles. The standard InChI is InChI=1S/C19H31Cl/c1-3-5-7-9-11-17-13-14-18(19(15-17)16-20)12-10-8-6-4-2/h13-15H,3-12,16H2,1-2H3. The average Bonchev–Trinajstić information content (AvgIpc) is 2.49. The first-order valence-electron chi connectivity index (χ1n) is 8.48. The third kappa shape index (κ3) is 6.79. The number of rotatable bonds is 11. The number of halogens is 1. The van der Waals surface area contributed by atoms with Crippen molar-refractivity contribution < 1.29 is 0 Å². The van der Waals surface area contributed by atoms with Gasteiger partial charge in [0.05, 0.1) is 0 Å². The Morgan fingerprint density at radius 3 is 2.00 bits per heavy atom.